The van der Waals surface area contributed by atoms with E-state index in [1.54, 1.807) is 30.3 Å². The number of ether oxygens (including phenoxy) is 2. The van der Waals surface area contributed by atoms with Crippen LogP contribution in [0.4, 0.5) is 0 Å². The quantitative estimate of drug-likeness (QED) is 0.873. The predicted octanol–water partition coefficient (Wildman–Crippen LogP) is 2.93. The fourth-order valence-corrected chi connectivity index (χ4v) is 3.69. The van der Waals surface area contributed by atoms with Crippen molar-refractivity contribution in [1.29, 1.82) is 0 Å². The third-order valence-corrected chi connectivity index (χ3v) is 5.54. The fourth-order valence-electron chi connectivity index (χ4n) is 2.63. The molecule has 2 aromatic carbocycles. The van der Waals surface area contributed by atoms with Gasteiger partial charge in [0.15, 0.2) is 11.5 Å². The van der Waals surface area contributed by atoms with Crippen molar-refractivity contribution in [3.8, 4) is 11.5 Å². The summed E-state index contributed by atoms with van der Waals surface area (Å²) in [4.78, 5) is 0.289. The Hall–Kier alpha value is -2.05. The Labute approximate surface area is 142 Å². The normalized spacial score (nSPS) is 15.0. The van der Waals surface area contributed by atoms with Gasteiger partial charge in [0.2, 0.25) is 10.0 Å². The summed E-state index contributed by atoms with van der Waals surface area (Å²) in [5, 5.41) is 0. The first-order chi connectivity index (χ1) is 11.6. The van der Waals surface area contributed by atoms with Crippen LogP contribution in [-0.4, -0.2) is 28.2 Å². The maximum atomic E-state index is 12.2. The Bertz CT molecular complexity index is 790. The molecule has 0 bridgehead atoms. The van der Waals surface area contributed by atoms with Crippen molar-refractivity contribution in [2.24, 2.45) is 0 Å². The zero-order valence-corrected chi connectivity index (χ0v) is 14.4. The minimum Gasteiger partial charge on any atom is -0.486 e. The van der Waals surface area contributed by atoms with Gasteiger partial charge < -0.3 is 9.47 Å². The molecule has 0 saturated carbocycles. The predicted molar refractivity (Wildman–Crippen MR) is 92.1 cm³/mol. The zero-order chi connectivity index (χ0) is 17.0. The molecule has 1 aliphatic rings. The molecule has 0 radical (unpaired) electrons. The van der Waals surface area contributed by atoms with Gasteiger partial charge in [-0.25, -0.2) is 13.1 Å². The van der Waals surface area contributed by atoms with Crippen LogP contribution >= 0.6 is 0 Å². The molecular weight excluding hydrogens is 326 g/mol. The van der Waals surface area contributed by atoms with Crippen molar-refractivity contribution in [2.75, 3.05) is 19.8 Å². The molecule has 1 aliphatic heterocycles. The van der Waals surface area contributed by atoms with Crippen molar-refractivity contribution in [3.05, 3.63) is 54.1 Å². The summed E-state index contributed by atoms with van der Waals surface area (Å²) < 4.78 is 38.2. The van der Waals surface area contributed by atoms with Crippen molar-refractivity contribution >= 4 is 10.0 Å². The van der Waals surface area contributed by atoms with E-state index in [4.69, 9.17) is 9.47 Å². The number of fused-ring (bicyclic) bond motifs is 1. The number of hydrogen-bond acceptors (Lipinski definition) is 4. The lowest BCUT2D eigenvalue weighted by molar-refractivity contribution is 0.171. The van der Waals surface area contributed by atoms with E-state index in [2.05, 4.69) is 11.6 Å². The Morgan fingerprint density at radius 2 is 1.75 bits per heavy atom. The van der Waals surface area contributed by atoms with Gasteiger partial charge in [0.05, 0.1) is 4.90 Å². The van der Waals surface area contributed by atoms with Gasteiger partial charge in [0.1, 0.15) is 13.2 Å². The SMILES string of the molecule is CC(CCNS(=O)(=O)c1ccccc1)c1ccc2c(c1)OCCO2. The molecule has 1 heterocycles. The molecule has 0 fully saturated rings. The van der Waals surface area contributed by atoms with Crippen LogP contribution in [0.5, 0.6) is 11.5 Å². The minimum atomic E-state index is -3.45. The van der Waals surface area contributed by atoms with Crippen LogP contribution in [0.25, 0.3) is 0 Å². The number of rotatable bonds is 6. The van der Waals surface area contributed by atoms with Gasteiger partial charge in [0.25, 0.3) is 0 Å². The Balaban J connectivity index is 1.59. The van der Waals surface area contributed by atoms with Gasteiger partial charge in [-0.1, -0.05) is 31.2 Å². The highest BCUT2D eigenvalue weighted by Gasteiger charge is 2.16. The number of sulfonamides is 1. The molecule has 1 N–H and O–H groups in total. The third-order valence-electron chi connectivity index (χ3n) is 4.06. The van der Waals surface area contributed by atoms with Crippen LogP contribution in [0.2, 0.25) is 0 Å². The summed E-state index contributed by atoms with van der Waals surface area (Å²) >= 11 is 0. The van der Waals surface area contributed by atoms with Crippen LogP contribution in [-0.2, 0) is 10.0 Å². The molecule has 0 saturated heterocycles. The fraction of sp³-hybridized carbons (Fsp3) is 0.333. The smallest absolute Gasteiger partial charge is 0.240 e. The van der Waals surface area contributed by atoms with Crippen LogP contribution in [0.15, 0.2) is 53.4 Å². The van der Waals surface area contributed by atoms with E-state index in [0.717, 1.165) is 17.1 Å². The molecule has 0 spiro atoms. The average molecular weight is 347 g/mol. The lowest BCUT2D eigenvalue weighted by atomic mass is 9.97. The molecular formula is C18H21NO4S. The molecule has 6 heteroatoms. The second-order valence-electron chi connectivity index (χ2n) is 5.80. The Morgan fingerprint density at radius 3 is 2.50 bits per heavy atom. The molecule has 0 aromatic heterocycles. The molecule has 2 aromatic rings. The summed E-state index contributed by atoms with van der Waals surface area (Å²) in [5.41, 5.74) is 1.11. The number of hydrogen-bond donors (Lipinski definition) is 1. The van der Waals surface area contributed by atoms with E-state index in [0.29, 0.717) is 26.2 Å². The average Bonchev–Trinajstić information content (AvgIpc) is 2.62. The lowest BCUT2D eigenvalue weighted by Crippen LogP contribution is -2.25. The highest BCUT2D eigenvalue weighted by Crippen LogP contribution is 2.33. The highest BCUT2D eigenvalue weighted by atomic mass is 32.2. The van der Waals surface area contributed by atoms with E-state index in [9.17, 15) is 8.42 Å². The van der Waals surface area contributed by atoms with Gasteiger partial charge in [-0.05, 0) is 42.2 Å². The van der Waals surface area contributed by atoms with Gasteiger partial charge in [-0.3, -0.25) is 0 Å². The molecule has 24 heavy (non-hydrogen) atoms. The second kappa shape index (κ2) is 7.23. The standard InChI is InChI=1S/C18H21NO4S/c1-14(15-7-8-17-18(13-15)23-12-11-22-17)9-10-19-24(20,21)16-5-3-2-4-6-16/h2-8,13-14,19H,9-12H2,1H3. The maximum Gasteiger partial charge on any atom is 0.240 e. The third kappa shape index (κ3) is 3.88. The minimum absolute atomic E-state index is 0.208. The first kappa shape index (κ1) is 16.8. The van der Waals surface area contributed by atoms with Crippen LogP contribution in [0, 0.1) is 0 Å². The first-order valence-electron chi connectivity index (χ1n) is 8.00. The van der Waals surface area contributed by atoms with Gasteiger partial charge >= 0.3 is 0 Å². The lowest BCUT2D eigenvalue weighted by Gasteiger charge is -2.20. The summed E-state index contributed by atoms with van der Waals surface area (Å²) in [7, 11) is -3.45. The summed E-state index contributed by atoms with van der Waals surface area (Å²) in [5.74, 6) is 1.73. The first-order valence-corrected chi connectivity index (χ1v) is 9.49. The number of nitrogens with one attached hydrogen (secondary N) is 1. The Kier molecular flexibility index (Phi) is 5.06. The van der Waals surface area contributed by atoms with E-state index < -0.39 is 10.0 Å². The molecule has 3 rings (SSSR count). The summed E-state index contributed by atoms with van der Waals surface area (Å²) in [6, 6.07) is 14.3. The highest BCUT2D eigenvalue weighted by molar-refractivity contribution is 7.89. The van der Waals surface area contributed by atoms with Gasteiger partial charge in [-0.2, -0.15) is 0 Å². The van der Waals surface area contributed by atoms with E-state index in [1.807, 2.05) is 18.2 Å². The topological polar surface area (TPSA) is 64.6 Å². The molecule has 1 atom stereocenters. The molecule has 0 amide bonds. The van der Waals surface area contributed by atoms with Crippen LogP contribution in [0.1, 0.15) is 24.8 Å². The molecule has 1 unspecified atom stereocenters. The van der Waals surface area contributed by atoms with Crippen molar-refractivity contribution < 1.29 is 17.9 Å². The van der Waals surface area contributed by atoms with Crippen molar-refractivity contribution in [2.45, 2.75) is 24.2 Å². The molecule has 128 valence electrons. The monoisotopic (exact) mass is 347 g/mol. The summed E-state index contributed by atoms with van der Waals surface area (Å²) in [6.07, 6.45) is 0.700. The van der Waals surface area contributed by atoms with E-state index >= 15 is 0 Å². The van der Waals surface area contributed by atoms with Crippen LogP contribution < -0.4 is 14.2 Å². The van der Waals surface area contributed by atoms with E-state index in [1.165, 1.54) is 0 Å². The van der Waals surface area contributed by atoms with Crippen molar-refractivity contribution in [3.63, 3.8) is 0 Å². The number of benzene rings is 2. The van der Waals surface area contributed by atoms with Gasteiger partial charge in [0, 0.05) is 6.54 Å². The largest absolute Gasteiger partial charge is 0.486 e. The van der Waals surface area contributed by atoms with Crippen molar-refractivity contribution in [1.82, 2.24) is 4.72 Å². The maximum absolute atomic E-state index is 12.2. The summed E-state index contributed by atoms with van der Waals surface area (Å²) in [6.45, 7) is 3.58. The zero-order valence-electron chi connectivity index (χ0n) is 13.6. The van der Waals surface area contributed by atoms with Gasteiger partial charge in [-0.15, -0.1) is 0 Å². The Morgan fingerprint density at radius 1 is 1.04 bits per heavy atom. The molecule has 5 nitrogen and oxygen atoms in total. The van der Waals surface area contributed by atoms with E-state index in [-0.39, 0.29) is 10.8 Å². The molecule has 0 aliphatic carbocycles. The second-order valence-corrected chi connectivity index (χ2v) is 7.57. The van der Waals surface area contributed by atoms with Crippen LogP contribution in [0.3, 0.4) is 0 Å².